The van der Waals surface area contributed by atoms with Crippen LogP contribution >= 0.6 is 11.8 Å². The Morgan fingerprint density at radius 2 is 1.89 bits per heavy atom. The van der Waals surface area contributed by atoms with Gasteiger partial charge in [0.25, 0.3) is 6.43 Å². The molecule has 1 heterocycles. The van der Waals surface area contributed by atoms with Crippen LogP contribution in [0.3, 0.4) is 0 Å². The van der Waals surface area contributed by atoms with Crippen LogP contribution < -0.4 is 0 Å². The van der Waals surface area contributed by atoms with E-state index in [1.807, 2.05) is 4.90 Å². The Morgan fingerprint density at radius 3 is 2.37 bits per heavy atom. The van der Waals surface area contributed by atoms with Gasteiger partial charge in [-0.1, -0.05) is 6.08 Å². The molecule has 1 rings (SSSR count). The molecule has 2 nitrogen and oxygen atoms in total. The van der Waals surface area contributed by atoms with E-state index < -0.39 is 17.8 Å². The second-order valence-corrected chi connectivity index (χ2v) is 5.28. The number of halogens is 3. The molecule has 0 aromatic carbocycles. The van der Waals surface area contributed by atoms with E-state index in [1.165, 1.54) is 6.08 Å². The summed E-state index contributed by atoms with van der Waals surface area (Å²) in [6, 6.07) is 0. The molecule has 1 aliphatic heterocycles. The molecule has 0 radical (unpaired) electrons. The molecule has 108 valence electrons. The molecule has 1 fully saturated rings. The van der Waals surface area contributed by atoms with Crippen LogP contribution in [0.25, 0.3) is 0 Å². The van der Waals surface area contributed by atoms with Gasteiger partial charge in [-0.3, -0.25) is 4.79 Å². The zero-order chi connectivity index (χ0) is 14.3. The maximum absolute atomic E-state index is 13.0. The summed E-state index contributed by atoms with van der Waals surface area (Å²) in [4.78, 5) is 12.2. The molecule has 0 bridgehead atoms. The van der Waals surface area contributed by atoms with Gasteiger partial charge in [0.1, 0.15) is 0 Å². The summed E-state index contributed by atoms with van der Waals surface area (Å²) in [6.45, 7) is 1.66. The first-order valence-corrected chi connectivity index (χ1v) is 7.41. The molecule has 0 N–H and O–H groups in total. The van der Waals surface area contributed by atoms with E-state index in [-0.39, 0.29) is 6.29 Å². The maximum atomic E-state index is 13.0. The third-order valence-corrected chi connectivity index (χ3v) is 3.87. The molecular formula is C13H18F3NOS. The van der Waals surface area contributed by atoms with Gasteiger partial charge in [0.15, 0.2) is 12.5 Å². The average Bonchev–Trinajstić information content (AvgIpc) is 2.88. The van der Waals surface area contributed by atoms with Gasteiger partial charge >= 0.3 is 0 Å². The summed E-state index contributed by atoms with van der Waals surface area (Å²) in [7, 11) is 0. The van der Waals surface area contributed by atoms with Crippen LogP contribution in [0, 0.1) is 0 Å². The van der Waals surface area contributed by atoms with Crippen molar-refractivity contribution >= 4 is 18.0 Å². The highest BCUT2D eigenvalue weighted by Gasteiger charge is 2.23. The lowest BCUT2D eigenvalue weighted by molar-refractivity contribution is -0.110. The zero-order valence-electron chi connectivity index (χ0n) is 10.8. The Hall–Kier alpha value is -0.910. The number of thioether (sulfide) groups is 1. The number of likely N-dealkylation sites (tertiary alicyclic amines) is 1. The highest BCUT2D eigenvalue weighted by molar-refractivity contribution is 7.99. The van der Waals surface area contributed by atoms with Crippen molar-refractivity contribution < 1.29 is 18.0 Å². The second kappa shape index (κ2) is 8.30. The van der Waals surface area contributed by atoms with Gasteiger partial charge in [-0.15, -0.1) is 0 Å². The average molecular weight is 293 g/mol. The second-order valence-electron chi connectivity index (χ2n) is 4.30. The van der Waals surface area contributed by atoms with Gasteiger partial charge in [0, 0.05) is 19.3 Å². The molecule has 0 saturated carbocycles. The number of carbonyl (C=O) groups is 1. The van der Waals surface area contributed by atoms with Crippen molar-refractivity contribution in [1.82, 2.24) is 4.90 Å². The lowest BCUT2D eigenvalue weighted by Gasteiger charge is -2.19. The molecule has 19 heavy (non-hydrogen) atoms. The smallest absolute Gasteiger partial charge is 0.254 e. The fourth-order valence-corrected chi connectivity index (χ4v) is 2.54. The summed E-state index contributed by atoms with van der Waals surface area (Å²) < 4.78 is 38.8. The minimum atomic E-state index is -2.53. The first-order chi connectivity index (χ1) is 9.08. The molecule has 2 unspecified atom stereocenters. The number of hydrogen-bond acceptors (Lipinski definition) is 3. The lowest BCUT2D eigenvalue weighted by atomic mass is 10.1. The van der Waals surface area contributed by atoms with Gasteiger partial charge in [-0.05, 0) is 30.7 Å². The molecule has 0 aromatic rings. The quantitative estimate of drug-likeness (QED) is 0.531. The Bertz CT molecular complexity index is 341. The Kier molecular flexibility index (Phi) is 7.05. The third-order valence-electron chi connectivity index (χ3n) is 2.89. The van der Waals surface area contributed by atoms with E-state index in [9.17, 15) is 18.0 Å². The maximum Gasteiger partial charge on any atom is 0.254 e. The van der Waals surface area contributed by atoms with Crippen molar-refractivity contribution in [3.05, 3.63) is 23.9 Å². The Balaban J connectivity index is 2.88. The molecule has 0 aliphatic carbocycles. The highest BCUT2D eigenvalue weighted by Crippen LogP contribution is 2.26. The van der Waals surface area contributed by atoms with E-state index in [4.69, 9.17) is 0 Å². The number of nitrogens with zero attached hydrogens (tertiary/aromatic N) is 1. The molecule has 0 amide bonds. The van der Waals surface area contributed by atoms with E-state index in [1.54, 1.807) is 12.5 Å². The predicted octanol–water partition coefficient (Wildman–Crippen LogP) is 3.06. The van der Waals surface area contributed by atoms with Crippen molar-refractivity contribution in [2.45, 2.75) is 30.7 Å². The third kappa shape index (κ3) is 5.30. The highest BCUT2D eigenvalue weighted by atomic mass is 32.2. The van der Waals surface area contributed by atoms with Crippen LogP contribution in [0.2, 0.25) is 0 Å². The fourth-order valence-electron chi connectivity index (χ4n) is 1.93. The summed E-state index contributed by atoms with van der Waals surface area (Å²) in [5.41, 5.74) is 0.355. The largest absolute Gasteiger partial charge is 0.377 e. The predicted molar refractivity (Wildman–Crippen MR) is 72.3 cm³/mol. The van der Waals surface area contributed by atoms with Crippen LogP contribution in [-0.2, 0) is 4.79 Å². The Labute approximate surface area is 115 Å². The Morgan fingerprint density at radius 1 is 1.26 bits per heavy atom. The van der Waals surface area contributed by atoms with Crippen molar-refractivity contribution in [2.75, 3.05) is 19.3 Å². The van der Waals surface area contributed by atoms with Crippen molar-refractivity contribution in [3.8, 4) is 0 Å². The van der Waals surface area contributed by atoms with Gasteiger partial charge < -0.3 is 4.90 Å². The number of alkyl halides is 3. The van der Waals surface area contributed by atoms with E-state index in [2.05, 4.69) is 0 Å². The fraction of sp³-hybridized carbons (Fsp3) is 0.615. The number of carbonyl (C=O) groups excluding carboxylic acids is 1. The first kappa shape index (κ1) is 16.1. The monoisotopic (exact) mass is 293 g/mol. The van der Waals surface area contributed by atoms with Gasteiger partial charge in [-0.2, -0.15) is 11.8 Å². The van der Waals surface area contributed by atoms with Gasteiger partial charge in [-0.25, -0.2) is 13.2 Å². The normalized spacial score (nSPS) is 20.3. The topological polar surface area (TPSA) is 20.3 Å². The number of aldehydes is 1. The first-order valence-electron chi connectivity index (χ1n) is 6.12. The van der Waals surface area contributed by atoms with Crippen LogP contribution in [0.5, 0.6) is 0 Å². The van der Waals surface area contributed by atoms with E-state index >= 15 is 0 Å². The molecular weight excluding hydrogens is 275 g/mol. The van der Waals surface area contributed by atoms with Crippen molar-refractivity contribution in [2.24, 2.45) is 0 Å². The molecule has 0 spiro atoms. The summed E-state index contributed by atoms with van der Waals surface area (Å²) in [5.74, 6) is 0. The summed E-state index contributed by atoms with van der Waals surface area (Å²) in [5, 5.41) is -1.00. The van der Waals surface area contributed by atoms with Gasteiger partial charge in [0.05, 0.1) is 5.25 Å². The van der Waals surface area contributed by atoms with Crippen LogP contribution in [0.4, 0.5) is 13.2 Å². The summed E-state index contributed by atoms with van der Waals surface area (Å²) in [6.07, 6.45) is 3.50. The van der Waals surface area contributed by atoms with Crippen LogP contribution in [0.15, 0.2) is 23.9 Å². The number of rotatable bonds is 7. The molecule has 2 atom stereocenters. The number of hydrogen-bond donors (Lipinski definition) is 0. The minimum Gasteiger partial charge on any atom is -0.377 e. The minimum absolute atomic E-state index is 0.139. The molecule has 1 aliphatic rings. The number of allylic oxidation sites excluding steroid dienone is 2. The SMILES string of the molecule is CSC(C(C=CC(F)C=O)=CN1CCCC1)C(F)F. The van der Waals surface area contributed by atoms with E-state index in [0.29, 0.717) is 5.57 Å². The summed E-state index contributed by atoms with van der Waals surface area (Å²) >= 11 is 1.02. The lowest BCUT2D eigenvalue weighted by Crippen LogP contribution is -2.20. The molecule has 1 saturated heterocycles. The standard InChI is InChI=1S/C13H18F3NOS/c1-19-12(13(15)16)10(4-5-11(14)9-18)8-17-6-2-3-7-17/h4-5,8-9,11-13H,2-3,6-7H2,1H3. The van der Waals surface area contributed by atoms with Crippen LogP contribution in [0.1, 0.15) is 12.8 Å². The molecule has 0 aromatic heterocycles. The van der Waals surface area contributed by atoms with Crippen molar-refractivity contribution in [1.29, 1.82) is 0 Å². The van der Waals surface area contributed by atoms with Gasteiger partial charge in [0.2, 0.25) is 0 Å². The van der Waals surface area contributed by atoms with Crippen molar-refractivity contribution in [3.63, 3.8) is 0 Å². The van der Waals surface area contributed by atoms with E-state index in [0.717, 1.165) is 43.8 Å². The zero-order valence-corrected chi connectivity index (χ0v) is 11.6. The molecule has 6 heteroatoms. The van der Waals surface area contributed by atoms with Crippen LogP contribution in [-0.4, -0.2) is 48.4 Å².